The number of primary amides is 1. The number of aliphatic hydroxyl groups excluding tert-OH is 1. The summed E-state index contributed by atoms with van der Waals surface area (Å²) >= 11 is 0. The normalized spacial score (nSPS) is 14.4. The van der Waals surface area contributed by atoms with E-state index in [1.165, 1.54) is 23.9 Å². The van der Waals surface area contributed by atoms with Gasteiger partial charge in [0.1, 0.15) is 6.33 Å². The number of aliphatic hydroxyl groups is 1. The second kappa shape index (κ2) is 7.10. The van der Waals surface area contributed by atoms with Gasteiger partial charge in [-0.3, -0.25) is 4.79 Å². The molecule has 1 aromatic heterocycles. The number of amides is 1. The summed E-state index contributed by atoms with van der Waals surface area (Å²) in [6.07, 6.45) is 6.27. The maximum atomic E-state index is 10.9. The molecule has 0 aliphatic heterocycles. The number of carbonyl (C=O) groups is 1. The first-order chi connectivity index (χ1) is 8.56. The molecule has 3 N–H and O–H groups in total. The zero-order valence-electron chi connectivity index (χ0n) is 11.0. The molecule has 1 amide bonds. The molecular weight excluding hydrogens is 232 g/mol. The molecule has 0 unspecified atom stereocenters. The summed E-state index contributed by atoms with van der Waals surface area (Å²) in [5.74, 6) is -0.654. The molecule has 6 heteroatoms. The van der Waals surface area contributed by atoms with E-state index in [-0.39, 0.29) is 11.9 Å². The number of carbonyl (C=O) groups excluding carboxylic acids is 1. The number of rotatable bonds is 8. The summed E-state index contributed by atoms with van der Waals surface area (Å²) in [6.45, 7) is 3.87. The molecule has 0 saturated carbocycles. The molecule has 1 heterocycles. The zero-order chi connectivity index (χ0) is 13.5. The van der Waals surface area contributed by atoms with Crippen molar-refractivity contribution in [3.8, 4) is 0 Å². The average Bonchev–Trinajstić information content (AvgIpc) is 2.77. The molecule has 0 fully saturated rings. The molecule has 1 rings (SSSR count). The molecule has 6 nitrogen and oxygen atoms in total. The molecule has 1 aromatic rings. The van der Waals surface area contributed by atoms with Gasteiger partial charge in [0.2, 0.25) is 5.82 Å². The molecule has 102 valence electrons. The monoisotopic (exact) mass is 254 g/mol. The van der Waals surface area contributed by atoms with E-state index in [9.17, 15) is 9.90 Å². The van der Waals surface area contributed by atoms with E-state index >= 15 is 0 Å². The topological polar surface area (TPSA) is 94.0 Å². The van der Waals surface area contributed by atoms with Crippen molar-refractivity contribution in [3.63, 3.8) is 0 Å². The quantitative estimate of drug-likeness (QED) is 0.683. The highest BCUT2D eigenvalue weighted by Gasteiger charge is 2.19. The Labute approximate surface area is 107 Å². The van der Waals surface area contributed by atoms with E-state index in [0.717, 1.165) is 19.3 Å². The Bertz CT molecular complexity index is 376. The van der Waals surface area contributed by atoms with Crippen LogP contribution >= 0.6 is 0 Å². The van der Waals surface area contributed by atoms with Crippen molar-refractivity contribution in [1.82, 2.24) is 14.8 Å². The Hall–Kier alpha value is -1.43. The fourth-order valence-corrected chi connectivity index (χ4v) is 1.92. The highest BCUT2D eigenvalue weighted by molar-refractivity contribution is 5.88. The summed E-state index contributed by atoms with van der Waals surface area (Å²) in [6, 6.07) is -0.151. The lowest BCUT2D eigenvalue weighted by molar-refractivity contribution is 0.0981. The van der Waals surface area contributed by atoms with Gasteiger partial charge in [-0.15, -0.1) is 5.10 Å². The van der Waals surface area contributed by atoms with Gasteiger partial charge < -0.3 is 10.8 Å². The van der Waals surface area contributed by atoms with Gasteiger partial charge in [-0.05, 0) is 13.3 Å². The van der Waals surface area contributed by atoms with E-state index in [1.54, 1.807) is 6.92 Å². The summed E-state index contributed by atoms with van der Waals surface area (Å²) in [4.78, 5) is 14.8. The molecule has 2 atom stereocenters. The van der Waals surface area contributed by atoms with Crippen molar-refractivity contribution in [1.29, 1.82) is 0 Å². The third-order valence-electron chi connectivity index (χ3n) is 2.98. The zero-order valence-corrected chi connectivity index (χ0v) is 11.0. The van der Waals surface area contributed by atoms with Crippen molar-refractivity contribution in [2.75, 3.05) is 0 Å². The van der Waals surface area contributed by atoms with E-state index in [1.807, 2.05) is 0 Å². The number of nitrogens with zero attached hydrogens (tertiary/aromatic N) is 3. The van der Waals surface area contributed by atoms with Crippen molar-refractivity contribution in [2.45, 2.75) is 58.1 Å². The Morgan fingerprint density at radius 2 is 2.22 bits per heavy atom. The van der Waals surface area contributed by atoms with Crippen LogP contribution in [0, 0.1) is 0 Å². The highest BCUT2D eigenvalue weighted by Crippen LogP contribution is 2.19. The van der Waals surface area contributed by atoms with Crippen LogP contribution in [0.2, 0.25) is 0 Å². The Morgan fingerprint density at radius 1 is 1.50 bits per heavy atom. The van der Waals surface area contributed by atoms with E-state index in [2.05, 4.69) is 17.0 Å². The number of hydrogen-bond donors (Lipinski definition) is 2. The Morgan fingerprint density at radius 3 is 2.72 bits per heavy atom. The van der Waals surface area contributed by atoms with Gasteiger partial charge in [-0.2, -0.15) is 0 Å². The first kappa shape index (κ1) is 14.6. The average molecular weight is 254 g/mol. The lowest BCUT2D eigenvalue weighted by atomic mass is 10.0. The van der Waals surface area contributed by atoms with Crippen LogP contribution in [0.5, 0.6) is 0 Å². The number of hydrogen-bond acceptors (Lipinski definition) is 4. The van der Waals surface area contributed by atoms with Crippen LogP contribution in [0.4, 0.5) is 0 Å². The second-order valence-corrected chi connectivity index (χ2v) is 4.57. The lowest BCUT2D eigenvalue weighted by Crippen LogP contribution is -2.23. The van der Waals surface area contributed by atoms with Crippen LogP contribution in [0.15, 0.2) is 6.33 Å². The van der Waals surface area contributed by atoms with Crippen LogP contribution in [0.25, 0.3) is 0 Å². The van der Waals surface area contributed by atoms with Crippen LogP contribution < -0.4 is 5.73 Å². The van der Waals surface area contributed by atoms with E-state index in [0.29, 0.717) is 0 Å². The fraction of sp³-hybridized carbons (Fsp3) is 0.750. The maximum Gasteiger partial charge on any atom is 0.288 e. The van der Waals surface area contributed by atoms with Gasteiger partial charge in [0.15, 0.2) is 0 Å². The SMILES string of the molecule is CCCCCC[C@@H]([C@@H](C)O)n1cnc(C(N)=O)n1. The van der Waals surface area contributed by atoms with Crippen molar-refractivity contribution >= 4 is 5.91 Å². The first-order valence-corrected chi connectivity index (χ1v) is 6.45. The highest BCUT2D eigenvalue weighted by atomic mass is 16.3. The molecule has 0 radical (unpaired) electrons. The van der Waals surface area contributed by atoms with Gasteiger partial charge >= 0.3 is 0 Å². The molecule has 0 aliphatic rings. The van der Waals surface area contributed by atoms with E-state index < -0.39 is 12.0 Å². The van der Waals surface area contributed by atoms with Crippen molar-refractivity contribution < 1.29 is 9.90 Å². The smallest absolute Gasteiger partial charge is 0.288 e. The van der Waals surface area contributed by atoms with Crippen LogP contribution in [-0.4, -0.2) is 31.9 Å². The molecule has 0 spiro atoms. The molecule has 0 aromatic carbocycles. The molecular formula is C12H22N4O2. The largest absolute Gasteiger partial charge is 0.391 e. The molecule has 0 bridgehead atoms. The lowest BCUT2D eigenvalue weighted by Gasteiger charge is -2.19. The molecule has 0 saturated heterocycles. The van der Waals surface area contributed by atoms with E-state index in [4.69, 9.17) is 5.73 Å². The van der Waals surface area contributed by atoms with Gasteiger partial charge in [-0.1, -0.05) is 32.6 Å². The summed E-state index contributed by atoms with van der Waals surface area (Å²) in [7, 11) is 0. The number of unbranched alkanes of at least 4 members (excludes halogenated alkanes) is 3. The van der Waals surface area contributed by atoms with Crippen LogP contribution in [0.1, 0.15) is 62.6 Å². The van der Waals surface area contributed by atoms with Gasteiger partial charge in [-0.25, -0.2) is 9.67 Å². The first-order valence-electron chi connectivity index (χ1n) is 6.45. The van der Waals surface area contributed by atoms with Gasteiger partial charge in [0, 0.05) is 0 Å². The number of aromatic nitrogens is 3. The predicted octanol–water partition coefficient (Wildman–Crippen LogP) is 1.27. The Kier molecular flexibility index (Phi) is 5.77. The Balaban J connectivity index is 2.62. The fourth-order valence-electron chi connectivity index (χ4n) is 1.92. The van der Waals surface area contributed by atoms with Crippen molar-refractivity contribution in [2.24, 2.45) is 5.73 Å². The minimum Gasteiger partial charge on any atom is -0.391 e. The standard InChI is InChI=1S/C12H22N4O2/c1-3-4-5-6-7-10(9(2)17)16-8-14-12(15-16)11(13)18/h8-10,17H,3-7H2,1-2H3,(H2,13,18)/t9-,10+/m1/s1. The maximum absolute atomic E-state index is 10.9. The third-order valence-corrected chi connectivity index (χ3v) is 2.98. The third kappa shape index (κ3) is 4.10. The summed E-state index contributed by atoms with van der Waals surface area (Å²) in [5, 5.41) is 13.8. The minimum absolute atomic E-state index is 0.00536. The second-order valence-electron chi connectivity index (χ2n) is 4.57. The predicted molar refractivity (Wildman–Crippen MR) is 68.0 cm³/mol. The van der Waals surface area contributed by atoms with Crippen LogP contribution in [-0.2, 0) is 0 Å². The van der Waals surface area contributed by atoms with Crippen LogP contribution in [0.3, 0.4) is 0 Å². The summed E-state index contributed by atoms with van der Waals surface area (Å²) < 4.78 is 1.54. The van der Waals surface area contributed by atoms with Gasteiger partial charge in [0.25, 0.3) is 5.91 Å². The number of nitrogens with two attached hydrogens (primary N) is 1. The van der Waals surface area contributed by atoms with Gasteiger partial charge in [0.05, 0.1) is 12.1 Å². The minimum atomic E-state index is -0.649. The summed E-state index contributed by atoms with van der Waals surface area (Å²) in [5.41, 5.74) is 5.10. The molecule has 18 heavy (non-hydrogen) atoms. The van der Waals surface area contributed by atoms with Crippen molar-refractivity contribution in [3.05, 3.63) is 12.2 Å². The molecule has 0 aliphatic carbocycles.